The molecule has 0 aliphatic carbocycles. The van der Waals surface area contributed by atoms with E-state index in [1.165, 1.54) is 29.8 Å². The van der Waals surface area contributed by atoms with E-state index in [4.69, 9.17) is 23.2 Å². The smallest absolute Gasteiger partial charge is 0.242 e. The van der Waals surface area contributed by atoms with E-state index < -0.39 is 6.04 Å². The first-order valence-electron chi connectivity index (χ1n) is 8.60. The van der Waals surface area contributed by atoms with E-state index >= 15 is 0 Å². The number of amides is 2. The fraction of sp³-hybridized carbons (Fsp3) is 0.300. The number of carbonyl (C=O) groups excluding carboxylic acids is 2. The second-order valence-corrected chi connectivity index (χ2v) is 7.90. The standard InChI is InChI=1S/C20H21Cl2FN2O2S/c1-13(20(27)24-2)25(10-15-16(21)7-5-8-17(15)22)19(26)12-28-11-14-6-3-4-9-18(14)23/h3-9,13H,10-12H2,1-2H3,(H,24,27). The van der Waals surface area contributed by atoms with E-state index in [1.54, 1.807) is 43.3 Å². The number of hydrogen-bond acceptors (Lipinski definition) is 3. The molecule has 1 atom stereocenters. The Morgan fingerprint density at radius 1 is 1.14 bits per heavy atom. The fourth-order valence-corrected chi connectivity index (χ4v) is 4.01. The van der Waals surface area contributed by atoms with E-state index in [1.807, 2.05) is 0 Å². The van der Waals surface area contributed by atoms with Crippen LogP contribution in [0.1, 0.15) is 18.1 Å². The van der Waals surface area contributed by atoms with Crippen molar-refractivity contribution in [3.63, 3.8) is 0 Å². The molecule has 2 amide bonds. The third kappa shape index (κ3) is 5.87. The molecule has 0 aliphatic heterocycles. The van der Waals surface area contributed by atoms with Gasteiger partial charge in [-0.2, -0.15) is 0 Å². The molecule has 0 aliphatic rings. The molecule has 0 radical (unpaired) electrons. The summed E-state index contributed by atoms with van der Waals surface area (Å²) >= 11 is 13.7. The molecule has 0 saturated carbocycles. The Morgan fingerprint density at radius 3 is 2.39 bits per heavy atom. The number of halogens is 3. The highest BCUT2D eigenvalue weighted by molar-refractivity contribution is 7.99. The number of nitrogens with one attached hydrogen (secondary N) is 1. The van der Waals surface area contributed by atoms with Gasteiger partial charge >= 0.3 is 0 Å². The average Bonchev–Trinajstić information content (AvgIpc) is 2.68. The van der Waals surface area contributed by atoms with Gasteiger partial charge in [0.15, 0.2) is 0 Å². The molecule has 1 N–H and O–H groups in total. The van der Waals surface area contributed by atoms with Crippen molar-refractivity contribution >= 4 is 46.8 Å². The Hall–Kier alpha value is -1.76. The molecule has 2 aromatic carbocycles. The molecule has 0 saturated heterocycles. The Bertz CT molecular complexity index is 830. The van der Waals surface area contributed by atoms with Crippen LogP contribution in [0.25, 0.3) is 0 Å². The van der Waals surface area contributed by atoms with Crippen molar-refractivity contribution in [2.45, 2.75) is 25.3 Å². The molecule has 0 heterocycles. The second-order valence-electron chi connectivity index (χ2n) is 6.10. The molecule has 0 fully saturated rings. The zero-order valence-electron chi connectivity index (χ0n) is 15.5. The lowest BCUT2D eigenvalue weighted by atomic mass is 10.1. The summed E-state index contributed by atoms with van der Waals surface area (Å²) in [5.41, 5.74) is 1.11. The van der Waals surface area contributed by atoms with Crippen molar-refractivity contribution in [2.75, 3.05) is 12.8 Å². The van der Waals surface area contributed by atoms with Crippen LogP contribution in [0.2, 0.25) is 10.0 Å². The SMILES string of the molecule is CNC(=O)C(C)N(Cc1c(Cl)cccc1Cl)C(=O)CSCc1ccccc1F. The van der Waals surface area contributed by atoms with Gasteiger partial charge in [-0.3, -0.25) is 9.59 Å². The first-order chi connectivity index (χ1) is 13.3. The summed E-state index contributed by atoms with van der Waals surface area (Å²) in [6.45, 7) is 1.75. The first-order valence-corrected chi connectivity index (χ1v) is 10.5. The van der Waals surface area contributed by atoms with Crippen molar-refractivity contribution in [3.8, 4) is 0 Å². The minimum absolute atomic E-state index is 0.0950. The molecule has 8 heteroatoms. The highest BCUT2D eigenvalue weighted by atomic mass is 35.5. The molecule has 0 bridgehead atoms. The quantitative estimate of drug-likeness (QED) is 0.653. The zero-order chi connectivity index (χ0) is 20.7. The van der Waals surface area contributed by atoms with Crippen LogP contribution in [0.5, 0.6) is 0 Å². The van der Waals surface area contributed by atoms with E-state index in [0.717, 1.165) is 0 Å². The molecule has 4 nitrogen and oxygen atoms in total. The molecule has 0 spiro atoms. The largest absolute Gasteiger partial charge is 0.357 e. The average molecular weight is 443 g/mol. The van der Waals surface area contributed by atoms with E-state index in [0.29, 0.717) is 26.9 Å². The Balaban J connectivity index is 2.13. The summed E-state index contributed by atoms with van der Waals surface area (Å²) in [5, 5.41) is 3.40. The van der Waals surface area contributed by atoms with Crippen LogP contribution in [-0.2, 0) is 21.9 Å². The summed E-state index contributed by atoms with van der Waals surface area (Å²) in [4.78, 5) is 26.4. The topological polar surface area (TPSA) is 49.4 Å². The van der Waals surface area contributed by atoms with Crippen molar-refractivity contribution in [1.29, 1.82) is 0 Å². The number of benzene rings is 2. The van der Waals surface area contributed by atoms with Gasteiger partial charge in [-0.1, -0.05) is 47.5 Å². The predicted octanol–water partition coefficient (Wildman–Crippen LogP) is 4.53. The van der Waals surface area contributed by atoms with Crippen molar-refractivity contribution in [1.82, 2.24) is 10.2 Å². The molecular weight excluding hydrogens is 422 g/mol. The minimum atomic E-state index is -0.709. The molecule has 1 unspecified atom stereocenters. The van der Waals surface area contributed by atoms with Gasteiger partial charge in [0.05, 0.1) is 5.75 Å². The summed E-state index contributed by atoms with van der Waals surface area (Å²) in [5.74, 6) is -0.407. The second kappa shape index (κ2) is 10.7. The lowest BCUT2D eigenvalue weighted by molar-refractivity contribution is -0.138. The van der Waals surface area contributed by atoms with Crippen molar-refractivity contribution in [2.24, 2.45) is 0 Å². The van der Waals surface area contributed by atoms with Gasteiger partial charge < -0.3 is 10.2 Å². The maximum Gasteiger partial charge on any atom is 0.242 e. The van der Waals surface area contributed by atoms with Gasteiger partial charge in [-0.05, 0) is 30.7 Å². The van der Waals surface area contributed by atoms with Gasteiger partial charge in [-0.25, -0.2) is 4.39 Å². The van der Waals surface area contributed by atoms with Gasteiger partial charge in [0.25, 0.3) is 0 Å². The summed E-state index contributed by atoms with van der Waals surface area (Å²) in [6.07, 6.45) is 0. The van der Waals surface area contributed by atoms with Crippen molar-refractivity contribution in [3.05, 3.63) is 69.5 Å². The highest BCUT2D eigenvalue weighted by Crippen LogP contribution is 2.27. The highest BCUT2D eigenvalue weighted by Gasteiger charge is 2.26. The molecule has 28 heavy (non-hydrogen) atoms. The number of nitrogens with zero attached hydrogens (tertiary/aromatic N) is 1. The minimum Gasteiger partial charge on any atom is -0.357 e. The third-order valence-corrected chi connectivity index (χ3v) is 5.92. The molecular formula is C20H21Cl2FN2O2S. The molecule has 0 aromatic heterocycles. The predicted molar refractivity (Wildman–Crippen MR) is 113 cm³/mol. The maximum absolute atomic E-state index is 13.7. The van der Waals surface area contributed by atoms with Crippen LogP contribution in [-0.4, -0.2) is 35.6 Å². The Morgan fingerprint density at radius 2 is 1.79 bits per heavy atom. The maximum atomic E-state index is 13.7. The fourth-order valence-electron chi connectivity index (χ4n) is 2.59. The van der Waals surface area contributed by atoms with Crippen LogP contribution < -0.4 is 5.32 Å². The van der Waals surface area contributed by atoms with Crippen LogP contribution in [0.15, 0.2) is 42.5 Å². The monoisotopic (exact) mass is 442 g/mol. The normalized spacial score (nSPS) is 11.8. The van der Waals surface area contributed by atoms with Crippen LogP contribution in [0.4, 0.5) is 4.39 Å². The number of likely N-dealkylation sites (N-methyl/N-ethyl adjacent to an activating group) is 1. The van der Waals surface area contributed by atoms with Gasteiger partial charge in [0.1, 0.15) is 11.9 Å². The number of thioether (sulfide) groups is 1. The molecule has 150 valence electrons. The number of hydrogen-bond donors (Lipinski definition) is 1. The van der Waals surface area contributed by atoms with Crippen LogP contribution in [0.3, 0.4) is 0 Å². The number of carbonyl (C=O) groups is 2. The van der Waals surface area contributed by atoms with E-state index in [9.17, 15) is 14.0 Å². The van der Waals surface area contributed by atoms with E-state index in [2.05, 4.69) is 5.32 Å². The summed E-state index contributed by atoms with van der Waals surface area (Å²) in [6, 6.07) is 10.8. The van der Waals surface area contributed by atoms with Crippen molar-refractivity contribution < 1.29 is 14.0 Å². The van der Waals surface area contributed by atoms with Gasteiger partial charge in [0, 0.05) is 35.0 Å². The lowest BCUT2D eigenvalue weighted by Gasteiger charge is -2.29. The lowest BCUT2D eigenvalue weighted by Crippen LogP contribution is -2.47. The Labute approximate surface area is 178 Å². The van der Waals surface area contributed by atoms with Gasteiger partial charge in [-0.15, -0.1) is 11.8 Å². The van der Waals surface area contributed by atoms with E-state index in [-0.39, 0.29) is 29.9 Å². The number of rotatable bonds is 8. The van der Waals surface area contributed by atoms with Crippen LogP contribution >= 0.6 is 35.0 Å². The summed E-state index contributed by atoms with van der Waals surface area (Å²) < 4.78 is 13.7. The first kappa shape index (κ1) is 22.5. The van der Waals surface area contributed by atoms with Crippen LogP contribution in [0, 0.1) is 5.82 Å². The zero-order valence-corrected chi connectivity index (χ0v) is 17.9. The third-order valence-electron chi connectivity index (χ3n) is 4.24. The van der Waals surface area contributed by atoms with Gasteiger partial charge in [0.2, 0.25) is 11.8 Å². The Kier molecular flexibility index (Phi) is 8.60. The molecule has 2 aromatic rings. The molecule has 2 rings (SSSR count). The summed E-state index contributed by atoms with van der Waals surface area (Å²) in [7, 11) is 1.51.